The van der Waals surface area contributed by atoms with Crippen LogP contribution in [-0.4, -0.2) is 60.9 Å². The zero-order valence-corrected chi connectivity index (χ0v) is 16.0. The van der Waals surface area contributed by atoms with Gasteiger partial charge in [0.25, 0.3) is 0 Å². The minimum atomic E-state index is 0.0470. The fourth-order valence-electron chi connectivity index (χ4n) is 3.25. The lowest BCUT2D eigenvalue weighted by atomic mass is 10.2. The number of carbonyl (C=O) groups excluding carboxylic acids is 2. The van der Waals surface area contributed by atoms with Crippen LogP contribution in [0.15, 0.2) is 24.3 Å². The quantitative estimate of drug-likeness (QED) is 0.796. The monoisotopic (exact) mass is 345 g/mol. The summed E-state index contributed by atoms with van der Waals surface area (Å²) in [7, 11) is 0. The Kier molecular flexibility index (Phi) is 6.85. The van der Waals surface area contributed by atoms with Gasteiger partial charge in [0.2, 0.25) is 11.8 Å². The summed E-state index contributed by atoms with van der Waals surface area (Å²) in [6.07, 6.45) is 0.413. The van der Waals surface area contributed by atoms with Gasteiger partial charge in [0.05, 0.1) is 0 Å². The number of benzene rings is 1. The minimum Gasteiger partial charge on any atom is -0.368 e. The number of hydrogen-bond donors (Lipinski definition) is 0. The third-order valence-corrected chi connectivity index (χ3v) is 4.63. The highest BCUT2D eigenvalue weighted by atomic mass is 16.2. The standard InChI is InChI=1S/C20H31N3O2/c1-16(2)15-23(18(4)24)9-8-20(25)22-12-10-21(11-13-22)19-7-5-6-17(3)14-19/h5-7,14,16H,8-13,15H2,1-4H3. The molecular weight excluding hydrogens is 314 g/mol. The van der Waals surface area contributed by atoms with Crippen LogP contribution < -0.4 is 4.90 Å². The number of anilines is 1. The third-order valence-electron chi connectivity index (χ3n) is 4.63. The number of hydrogen-bond acceptors (Lipinski definition) is 3. The Morgan fingerprint density at radius 2 is 1.84 bits per heavy atom. The zero-order chi connectivity index (χ0) is 18.4. The van der Waals surface area contributed by atoms with E-state index in [2.05, 4.69) is 49.9 Å². The Morgan fingerprint density at radius 3 is 2.40 bits per heavy atom. The van der Waals surface area contributed by atoms with E-state index in [1.807, 2.05) is 4.90 Å². The van der Waals surface area contributed by atoms with E-state index in [0.29, 0.717) is 25.4 Å². The lowest BCUT2D eigenvalue weighted by molar-refractivity contribution is -0.133. The molecule has 5 heteroatoms. The first-order valence-corrected chi connectivity index (χ1v) is 9.21. The van der Waals surface area contributed by atoms with Crippen molar-refractivity contribution < 1.29 is 9.59 Å². The van der Waals surface area contributed by atoms with Crippen LogP contribution in [0.25, 0.3) is 0 Å². The van der Waals surface area contributed by atoms with Gasteiger partial charge in [0, 0.05) is 58.3 Å². The molecule has 2 amide bonds. The molecule has 0 radical (unpaired) electrons. The molecule has 0 aliphatic carbocycles. The maximum atomic E-state index is 12.5. The Balaban J connectivity index is 1.81. The number of amides is 2. The highest BCUT2D eigenvalue weighted by Gasteiger charge is 2.22. The number of nitrogens with zero attached hydrogens (tertiary/aromatic N) is 3. The summed E-state index contributed by atoms with van der Waals surface area (Å²) < 4.78 is 0. The van der Waals surface area contributed by atoms with Gasteiger partial charge >= 0.3 is 0 Å². The van der Waals surface area contributed by atoms with E-state index in [4.69, 9.17) is 0 Å². The predicted octanol–water partition coefficient (Wildman–Crippen LogP) is 2.54. The van der Waals surface area contributed by atoms with Crippen LogP contribution >= 0.6 is 0 Å². The second-order valence-electron chi connectivity index (χ2n) is 7.32. The van der Waals surface area contributed by atoms with Crippen LogP contribution in [0.5, 0.6) is 0 Å². The van der Waals surface area contributed by atoms with Gasteiger partial charge < -0.3 is 14.7 Å². The van der Waals surface area contributed by atoms with Crippen LogP contribution in [0.4, 0.5) is 5.69 Å². The summed E-state index contributed by atoms with van der Waals surface area (Å²) in [4.78, 5) is 30.2. The fourth-order valence-corrected chi connectivity index (χ4v) is 3.25. The van der Waals surface area contributed by atoms with Crippen molar-refractivity contribution in [1.82, 2.24) is 9.80 Å². The normalized spacial score (nSPS) is 14.8. The summed E-state index contributed by atoms with van der Waals surface area (Å²) in [5.41, 5.74) is 2.48. The summed E-state index contributed by atoms with van der Waals surface area (Å²) in [5, 5.41) is 0. The first-order valence-electron chi connectivity index (χ1n) is 9.21. The van der Waals surface area contributed by atoms with Gasteiger partial charge in [0.1, 0.15) is 0 Å². The molecule has 0 saturated carbocycles. The molecule has 138 valence electrons. The number of piperazine rings is 1. The molecule has 1 fully saturated rings. The van der Waals surface area contributed by atoms with E-state index in [1.54, 1.807) is 11.8 Å². The second kappa shape index (κ2) is 8.88. The van der Waals surface area contributed by atoms with Crippen molar-refractivity contribution in [1.29, 1.82) is 0 Å². The molecule has 1 aromatic rings. The van der Waals surface area contributed by atoms with Gasteiger partial charge in [-0.1, -0.05) is 26.0 Å². The van der Waals surface area contributed by atoms with Crippen molar-refractivity contribution >= 4 is 17.5 Å². The lowest BCUT2D eigenvalue weighted by Crippen LogP contribution is -2.49. The second-order valence-corrected chi connectivity index (χ2v) is 7.32. The fraction of sp³-hybridized carbons (Fsp3) is 0.600. The van der Waals surface area contributed by atoms with Crippen molar-refractivity contribution in [3.8, 4) is 0 Å². The molecule has 0 atom stereocenters. The van der Waals surface area contributed by atoms with Crippen molar-refractivity contribution in [2.75, 3.05) is 44.2 Å². The molecule has 2 rings (SSSR count). The maximum Gasteiger partial charge on any atom is 0.224 e. The average molecular weight is 345 g/mol. The topological polar surface area (TPSA) is 43.9 Å². The highest BCUT2D eigenvalue weighted by Crippen LogP contribution is 2.18. The van der Waals surface area contributed by atoms with E-state index >= 15 is 0 Å². The molecule has 0 aromatic heterocycles. The average Bonchev–Trinajstić information content (AvgIpc) is 2.58. The van der Waals surface area contributed by atoms with Crippen LogP contribution in [0.3, 0.4) is 0 Å². The van der Waals surface area contributed by atoms with Crippen molar-refractivity contribution in [2.24, 2.45) is 5.92 Å². The molecule has 0 unspecified atom stereocenters. The molecule has 5 nitrogen and oxygen atoms in total. The summed E-state index contributed by atoms with van der Waals surface area (Å²) in [6.45, 7) is 12.3. The smallest absolute Gasteiger partial charge is 0.224 e. The Hall–Kier alpha value is -2.04. The highest BCUT2D eigenvalue weighted by molar-refractivity contribution is 5.78. The van der Waals surface area contributed by atoms with E-state index < -0.39 is 0 Å². The molecule has 1 heterocycles. The molecular formula is C20H31N3O2. The first-order chi connectivity index (χ1) is 11.9. The van der Waals surface area contributed by atoms with Crippen LogP contribution in [0.2, 0.25) is 0 Å². The number of carbonyl (C=O) groups is 2. The predicted molar refractivity (Wildman–Crippen MR) is 102 cm³/mol. The largest absolute Gasteiger partial charge is 0.368 e. The van der Waals surface area contributed by atoms with Crippen LogP contribution in [0, 0.1) is 12.8 Å². The van der Waals surface area contributed by atoms with Gasteiger partial charge in [0.15, 0.2) is 0 Å². The molecule has 25 heavy (non-hydrogen) atoms. The number of rotatable bonds is 6. The lowest BCUT2D eigenvalue weighted by Gasteiger charge is -2.36. The molecule has 1 aliphatic heterocycles. The van der Waals surface area contributed by atoms with Crippen molar-refractivity contribution in [3.63, 3.8) is 0 Å². The van der Waals surface area contributed by atoms with Gasteiger partial charge in [-0.15, -0.1) is 0 Å². The van der Waals surface area contributed by atoms with E-state index in [9.17, 15) is 9.59 Å². The Morgan fingerprint density at radius 1 is 1.16 bits per heavy atom. The van der Waals surface area contributed by atoms with Crippen LogP contribution in [0.1, 0.15) is 32.8 Å². The molecule has 0 bridgehead atoms. The summed E-state index contributed by atoms with van der Waals surface area (Å²) in [5.74, 6) is 0.613. The van der Waals surface area contributed by atoms with Crippen molar-refractivity contribution in [2.45, 2.75) is 34.1 Å². The van der Waals surface area contributed by atoms with Gasteiger partial charge in [-0.2, -0.15) is 0 Å². The van der Waals surface area contributed by atoms with Crippen LogP contribution in [-0.2, 0) is 9.59 Å². The molecule has 1 aromatic carbocycles. The van der Waals surface area contributed by atoms with E-state index in [0.717, 1.165) is 26.2 Å². The SMILES string of the molecule is CC(=O)N(CCC(=O)N1CCN(c2cccc(C)c2)CC1)CC(C)C. The Bertz CT molecular complexity index is 592. The van der Waals surface area contributed by atoms with Gasteiger partial charge in [-0.3, -0.25) is 9.59 Å². The van der Waals surface area contributed by atoms with Gasteiger partial charge in [-0.05, 0) is 30.5 Å². The van der Waals surface area contributed by atoms with Crippen molar-refractivity contribution in [3.05, 3.63) is 29.8 Å². The zero-order valence-electron chi connectivity index (χ0n) is 16.0. The third kappa shape index (κ3) is 5.76. The van der Waals surface area contributed by atoms with Gasteiger partial charge in [-0.25, -0.2) is 0 Å². The number of aryl methyl sites for hydroxylation is 1. The minimum absolute atomic E-state index is 0.0470. The summed E-state index contributed by atoms with van der Waals surface area (Å²) >= 11 is 0. The van der Waals surface area contributed by atoms with E-state index in [-0.39, 0.29) is 11.8 Å². The molecule has 1 saturated heterocycles. The Labute approximate surface area is 151 Å². The molecule has 0 N–H and O–H groups in total. The molecule has 0 spiro atoms. The molecule has 1 aliphatic rings. The summed E-state index contributed by atoms with van der Waals surface area (Å²) in [6, 6.07) is 8.49. The maximum absolute atomic E-state index is 12.5. The first kappa shape index (κ1) is 19.3. The van der Waals surface area contributed by atoms with E-state index in [1.165, 1.54) is 11.3 Å².